The average Bonchev–Trinajstić information content (AvgIpc) is 3.40. The fraction of sp³-hybridized carbons (Fsp3) is 0.450. The molecule has 1 aromatic heterocycles. The summed E-state index contributed by atoms with van der Waals surface area (Å²) in [6, 6.07) is 3.43. The van der Waals surface area contributed by atoms with Crippen LogP contribution in [0.5, 0.6) is 0 Å². The standard InChI is InChI=1S/C20H24N6O2/c1-12-6-8-21-17(10-12)24-20(28)26-14-7-9-25(11-14)16-5-4-15(23-18(16)26)19(27)22-13-2-3-13/h4-6,8,10,13-15,23H,2-3,7,9,11H2,1H3,(H,22,27)(H,21,24,28)/t14-,15?/m0/s1. The minimum absolute atomic E-state index is 0.0427. The van der Waals surface area contributed by atoms with Gasteiger partial charge in [-0.2, -0.15) is 0 Å². The zero-order valence-electron chi connectivity index (χ0n) is 15.8. The van der Waals surface area contributed by atoms with Gasteiger partial charge in [0.25, 0.3) is 0 Å². The van der Waals surface area contributed by atoms with E-state index in [1.54, 1.807) is 11.1 Å². The van der Waals surface area contributed by atoms with E-state index < -0.39 is 6.04 Å². The molecule has 1 saturated heterocycles. The van der Waals surface area contributed by atoms with E-state index in [4.69, 9.17) is 0 Å². The lowest BCUT2D eigenvalue weighted by molar-refractivity contribution is -0.122. The van der Waals surface area contributed by atoms with Crippen molar-refractivity contribution < 1.29 is 9.59 Å². The number of nitrogens with zero attached hydrogens (tertiary/aromatic N) is 3. The van der Waals surface area contributed by atoms with Gasteiger partial charge in [-0.15, -0.1) is 0 Å². The number of fused-ring (bicyclic) bond motifs is 3. The molecule has 2 bridgehead atoms. The SMILES string of the molecule is Cc1ccnc(NC(=O)N2C3=C(C=CC(C(=O)NC4CC4)N3)N3CC[C@H]2C3)c1. The highest BCUT2D eigenvalue weighted by Gasteiger charge is 2.42. The van der Waals surface area contributed by atoms with Crippen molar-refractivity contribution in [2.45, 2.75) is 44.3 Å². The zero-order valence-corrected chi connectivity index (χ0v) is 15.8. The first-order valence-electron chi connectivity index (χ1n) is 9.86. The molecule has 3 amide bonds. The average molecular weight is 380 g/mol. The van der Waals surface area contributed by atoms with Gasteiger partial charge < -0.3 is 15.5 Å². The van der Waals surface area contributed by atoms with Gasteiger partial charge in [-0.05, 0) is 50.0 Å². The second-order valence-corrected chi connectivity index (χ2v) is 7.90. The van der Waals surface area contributed by atoms with E-state index in [2.05, 4.69) is 25.8 Å². The van der Waals surface area contributed by atoms with Crippen LogP contribution in [0.25, 0.3) is 0 Å². The number of carbonyl (C=O) groups excluding carboxylic acids is 2. The van der Waals surface area contributed by atoms with E-state index in [-0.39, 0.29) is 18.0 Å². The summed E-state index contributed by atoms with van der Waals surface area (Å²) >= 11 is 0. The van der Waals surface area contributed by atoms with Crippen LogP contribution < -0.4 is 16.0 Å². The van der Waals surface area contributed by atoms with Crippen molar-refractivity contribution in [3.8, 4) is 0 Å². The molecule has 8 nitrogen and oxygen atoms in total. The Balaban J connectivity index is 1.39. The number of rotatable bonds is 3. The molecule has 1 unspecified atom stereocenters. The number of pyridine rings is 1. The highest BCUT2D eigenvalue weighted by molar-refractivity contribution is 5.91. The molecule has 1 aliphatic carbocycles. The first kappa shape index (κ1) is 17.1. The Morgan fingerprint density at radius 3 is 2.93 bits per heavy atom. The van der Waals surface area contributed by atoms with Crippen LogP contribution in [-0.4, -0.2) is 57.9 Å². The number of allylic oxidation sites excluding steroid dienone is 1. The van der Waals surface area contributed by atoms with Gasteiger partial charge >= 0.3 is 6.03 Å². The lowest BCUT2D eigenvalue weighted by atomic mass is 10.1. The predicted octanol–water partition coefficient (Wildman–Crippen LogP) is 1.29. The monoisotopic (exact) mass is 380 g/mol. The number of urea groups is 1. The van der Waals surface area contributed by atoms with Gasteiger partial charge in [-0.25, -0.2) is 9.78 Å². The number of dihydropyridines is 1. The van der Waals surface area contributed by atoms with Gasteiger partial charge in [-0.1, -0.05) is 6.08 Å². The van der Waals surface area contributed by atoms with E-state index in [0.29, 0.717) is 17.7 Å². The molecule has 0 aromatic carbocycles. The van der Waals surface area contributed by atoms with Gasteiger partial charge in [0.15, 0.2) is 0 Å². The number of carbonyl (C=O) groups is 2. The Kier molecular flexibility index (Phi) is 3.99. The normalized spacial score (nSPS) is 25.3. The summed E-state index contributed by atoms with van der Waals surface area (Å²) in [5.41, 5.74) is 2.00. The third-order valence-electron chi connectivity index (χ3n) is 5.67. The fourth-order valence-electron chi connectivity index (χ4n) is 4.05. The summed E-state index contributed by atoms with van der Waals surface area (Å²) in [5.74, 6) is 1.19. The van der Waals surface area contributed by atoms with E-state index in [1.165, 1.54) is 0 Å². The number of anilines is 1. The van der Waals surface area contributed by atoms with Crippen molar-refractivity contribution in [2.75, 3.05) is 18.4 Å². The quantitative estimate of drug-likeness (QED) is 0.735. The summed E-state index contributed by atoms with van der Waals surface area (Å²) < 4.78 is 0. The van der Waals surface area contributed by atoms with Crippen molar-refractivity contribution in [3.63, 3.8) is 0 Å². The molecule has 28 heavy (non-hydrogen) atoms. The molecule has 146 valence electrons. The molecule has 1 saturated carbocycles. The Morgan fingerprint density at radius 1 is 1.29 bits per heavy atom. The van der Waals surface area contributed by atoms with E-state index in [0.717, 1.165) is 43.6 Å². The van der Waals surface area contributed by atoms with Crippen LogP contribution in [-0.2, 0) is 4.79 Å². The lowest BCUT2D eigenvalue weighted by Gasteiger charge is -2.40. The first-order chi connectivity index (χ1) is 13.6. The van der Waals surface area contributed by atoms with Crippen LogP contribution in [0.15, 0.2) is 42.0 Å². The smallest absolute Gasteiger partial charge is 0.328 e. The van der Waals surface area contributed by atoms with Crippen molar-refractivity contribution in [1.82, 2.24) is 25.4 Å². The summed E-state index contributed by atoms with van der Waals surface area (Å²) in [6.45, 7) is 3.67. The minimum atomic E-state index is -0.467. The van der Waals surface area contributed by atoms with Gasteiger partial charge in [0.1, 0.15) is 17.7 Å². The predicted molar refractivity (Wildman–Crippen MR) is 104 cm³/mol. The summed E-state index contributed by atoms with van der Waals surface area (Å²) in [5, 5.41) is 9.24. The Bertz CT molecular complexity index is 890. The molecule has 5 rings (SSSR count). The molecule has 0 radical (unpaired) electrons. The highest BCUT2D eigenvalue weighted by atomic mass is 16.2. The Morgan fingerprint density at radius 2 is 2.14 bits per heavy atom. The topological polar surface area (TPSA) is 89.6 Å². The highest BCUT2D eigenvalue weighted by Crippen LogP contribution is 2.33. The number of amides is 3. The van der Waals surface area contributed by atoms with Crippen molar-refractivity contribution >= 4 is 17.8 Å². The Hall–Kier alpha value is -3.03. The van der Waals surface area contributed by atoms with E-state index >= 15 is 0 Å². The lowest BCUT2D eigenvalue weighted by Crippen LogP contribution is -2.56. The van der Waals surface area contributed by atoms with Crippen molar-refractivity contribution in [3.05, 3.63) is 47.6 Å². The molecule has 3 aliphatic heterocycles. The maximum Gasteiger partial charge on any atom is 0.328 e. The number of nitrogens with one attached hydrogen (secondary N) is 3. The zero-order chi connectivity index (χ0) is 19.3. The molecule has 4 heterocycles. The van der Waals surface area contributed by atoms with Crippen LogP contribution in [0.2, 0.25) is 0 Å². The number of hydrogen-bond acceptors (Lipinski definition) is 5. The van der Waals surface area contributed by atoms with Crippen LogP contribution in [0.1, 0.15) is 24.8 Å². The fourth-order valence-corrected chi connectivity index (χ4v) is 4.05. The molecular weight excluding hydrogens is 356 g/mol. The second kappa shape index (κ2) is 6.54. The number of hydrogen-bond donors (Lipinski definition) is 3. The largest absolute Gasteiger partial charge is 0.366 e. The number of aryl methyl sites for hydroxylation is 1. The maximum absolute atomic E-state index is 13.1. The molecule has 2 fully saturated rings. The molecular formula is C20H24N6O2. The van der Waals surface area contributed by atoms with Crippen molar-refractivity contribution in [2.24, 2.45) is 0 Å². The van der Waals surface area contributed by atoms with Crippen molar-refractivity contribution in [1.29, 1.82) is 0 Å². The van der Waals surface area contributed by atoms with Gasteiger partial charge in [-0.3, -0.25) is 15.0 Å². The van der Waals surface area contributed by atoms with Gasteiger partial charge in [0.2, 0.25) is 5.91 Å². The first-order valence-corrected chi connectivity index (χ1v) is 9.86. The molecule has 0 spiro atoms. The van der Waals surface area contributed by atoms with Crippen LogP contribution in [0, 0.1) is 6.92 Å². The molecule has 3 N–H and O–H groups in total. The molecule has 1 aromatic rings. The number of aromatic nitrogens is 1. The minimum Gasteiger partial charge on any atom is -0.366 e. The third kappa shape index (κ3) is 3.08. The summed E-state index contributed by atoms with van der Waals surface area (Å²) in [6.07, 6.45) is 8.52. The third-order valence-corrected chi connectivity index (χ3v) is 5.67. The molecule has 4 aliphatic rings. The van der Waals surface area contributed by atoms with Crippen LogP contribution >= 0.6 is 0 Å². The van der Waals surface area contributed by atoms with E-state index in [9.17, 15) is 9.59 Å². The van der Waals surface area contributed by atoms with Gasteiger partial charge in [0.05, 0.1) is 11.7 Å². The van der Waals surface area contributed by atoms with Crippen LogP contribution in [0.4, 0.5) is 10.6 Å². The maximum atomic E-state index is 13.1. The second-order valence-electron chi connectivity index (χ2n) is 7.90. The summed E-state index contributed by atoms with van der Waals surface area (Å²) in [7, 11) is 0. The summed E-state index contributed by atoms with van der Waals surface area (Å²) in [4.78, 5) is 33.9. The van der Waals surface area contributed by atoms with Gasteiger partial charge in [0, 0.05) is 25.3 Å². The van der Waals surface area contributed by atoms with Crippen LogP contribution in [0.3, 0.4) is 0 Å². The molecule has 2 atom stereocenters. The van der Waals surface area contributed by atoms with E-state index in [1.807, 2.05) is 31.2 Å². The molecule has 8 heteroatoms. The Labute approximate surface area is 163 Å².